The van der Waals surface area contributed by atoms with Crippen LogP contribution in [-0.4, -0.2) is 21.2 Å². The normalized spacial score (nSPS) is 12.2. The fourth-order valence-corrected chi connectivity index (χ4v) is 4.57. The van der Waals surface area contributed by atoms with Gasteiger partial charge in [-0.15, -0.1) is 0 Å². The first-order chi connectivity index (χ1) is 16.0. The highest BCUT2D eigenvalue weighted by molar-refractivity contribution is 7.99. The van der Waals surface area contributed by atoms with E-state index >= 15 is 0 Å². The summed E-state index contributed by atoms with van der Waals surface area (Å²) in [5.74, 6) is 1.15. The molecule has 0 aliphatic carbocycles. The molecule has 0 saturated heterocycles. The van der Waals surface area contributed by atoms with E-state index in [1.54, 1.807) is 23.0 Å². The van der Waals surface area contributed by atoms with Crippen molar-refractivity contribution < 1.29 is 9.21 Å². The average Bonchev–Trinajstić information content (AvgIpc) is 3.33. The van der Waals surface area contributed by atoms with Gasteiger partial charge in [-0.05, 0) is 42.2 Å². The molecule has 2 heterocycles. The highest BCUT2D eigenvalue weighted by atomic mass is 32.2. The van der Waals surface area contributed by atoms with Crippen LogP contribution in [0.4, 0.5) is 0 Å². The Kier molecular flexibility index (Phi) is 7.29. The van der Waals surface area contributed by atoms with Crippen LogP contribution in [0.1, 0.15) is 37.6 Å². The topological polar surface area (TPSA) is 77.1 Å². The highest BCUT2D eigenvalue weighted by Crippen LogP contribution is 2.23. The minimum atomic E-state index is -0.151. The van der Waals surface area contributed by atoms with Gasteiger partial charge < -0.3 is 9.73 Å². The molecule has 0 saturated carbocycles. The van der Waals surface area contributed by atoms with Crippen molar-refractivity contribution in [3.05, 3.63) is 94.7 Å². The Morgan fingerprint density at radius 1 is 1.06 bits per heavy atom. The predicted molar refractivity (Wildman–Crippen MR) is 131 cm³/mol. The number of fused-ring (bicyclic) bond motifs is 1. The number of nitrogens with one attached hydrogen (secondary N) is 1. The lowest BCUT2D eigenvalue weighted by molar-refractivity contribution is -0.119. The average molecular weight is 462 g/mol. The minimum Gasteiger partial charge on any atom is -0.467 e. The predicted octanol–water partition coefficient (Wildman–Crippen LogP) is 5.03. The second kappa shape index (κ2) is 10.5. The van der Waals surface area contributed by atoms with E-state index in [4.69, 9.17) is 4.42 Å². The Bertz CT molecular complexity index is 1270. The van der Waals surface area contributed by atoms with Gasteiger partial charge in [0.2, 0.25) is 5.91 Å². The van der Waals surface area contributed by atoms with Crippen molar-refractivity contribution in [1.82, 2.24) is 14.9 Å². The largest absolute Gasteiger partial charge is 0.467 e. The van der Waals surface area contributed by atoms with Crippen molar-refractivity contribution in [2.75, 3.05) is 5.75 Å². The summed E-state index contributed by atoms with van der Waals surface area (Å²) in [6.07, 6.45) is 2.42. The summed E-state index contributed by atoms with van der Waals surface area (Å²) in [7, 11) is 0. The molecule has 2 aromatic carbocycles. The summed E-state index contributed by atoms with van der Waals surface area (Å²) in [5, 5.41) is 4.19. The summed E-state index contributed by atoms with van der Waals surface area (Å²) in [5.41, 5.74) is 1.55. The van der Waals surface area contributed by atoms with Crippen LogP contribution < -0.4 is 10.9 Å². The van der Waals surface area contributed by atoms with Crippen LogP contribution in [0.25, 0.3) is 10.9 Å². The van der Waals surface area contributed by atoms with Crippen LogP contribution in [-0.2, 0) is 11.3 Å². The van der Waals surface area contributed by atoms with Gasteiger partial charge in [-0.3, -0.25) is 14.2 Å². The molecule has 0 aliphatic rings. The summed E-state index contributed by atoms with van der Waals surface area (Å²) in [4.78, 5) is 30.7. The third kappa shape index (κ3) is 5.73. The van der Waals surface area contributed by atoms with E-state index in [-0.39, 0.29) is 29.8 Å². The van der Waals surface area contributed by atoms with E-state index < -0.39 is 0 Å². The maximum Gasteiger partial charge on any atom is 0.262 e. The lowest BCUT2D eigenvalue weighted by Gasteiger charge is -2.21. The maximum absolute atomic E-state index is 13.2. The smallest absolute Gasteiger partial charge is 0.262 e. The van der Waals surface area contributed by atoms with Gasteiger partial charge in [-0.1, -0.05) is 68.1 Å². The number of benzene rings is 2. The van der Waals surface area contributed by atoms with E-state index in [0.29, 0.717) is 27.7 Å². The van der Waals surface area contributed by atoms with Crippen molar-refractivity contribution in [1.29, 1.82) is 0 Å². The van der Waals surface area contributed by atoms with Crippen LogP contribution in [0.5, 0.6) is 0 Å². The first kappa shape index (κ1) is 22.9. The number of para-hydroxylation sites is 1. The molecule has 33 heavy (non-hydrogen) atoms. The number of furan rings is 1. The van der Waals surface area contributed by atoms with Gasteiger partial charge in [0.25, 0.3) is 5.56 Å². The van der Waals surface area contributed by atoms with E-state index in [1.165, 1.54) is 11.8 Å². The first-order valence-corrected chi connectivity index (χ1v) is 12.0. The summed E-state index contributed by atoms with van der Waals surface area (Å²) >= 11 is 1.26. The first-order valence-electron chi connectivity index (χ1n) is 11.0. The molecule has 0 radical (unpaired) electrons. The van der Waals surface area contributed by atoms with Crippen LogP contribution in [0.2, 0.25) is 0 Å². The number of hydrogen-bond acceptors (Lipinski definition) is 5. The molecule has 6 nitrogen and oxygen atoms in total. The van der Waals surface area contributed by atoms with E-state index in [0.717, 1.165) is 12.0 Å². The number of carbonyl (C=O) groups is 1. The summed E-state index contributed by atoms with van der Waals surface area (Å²) in [6.45, 7) is 4.54. The zero-order valence-electron chi connectivity index (χ0n) is 18.7. The number of amides is 1. The molecule has 0 aliphatic heterocycles. The van der Waals surface area contributed by atoms with Gasteiger partial charge in [-0.2, -0.15) is 0 Å². The molecule has 2 aromatic heterocycles. The number of thioether (sulfide) groups is 1. The van der Waals surface area contributed by atoms with Gasteiger partial charge in [0, 0.05) is 0 Å². The van der Waals surface area contributed by atoms with Crippen molar-refractivity contribution in [3.8, 4) is 0 Å². The molecule has 1 amide bonds. The third-order valence-corrected chi connectivity index (χ3v) is 6.27. The number of aromatic nitrogens is 2. The van der Waals surface area contributed by atoms with Crippen molar-refractivity contribution in [3.63, 3.8) is 0 Å². The lowest BCUT2D eigenvalue weighted by Crippen LogP contribution is -2.31. The van der Waals surface area contributed by atoms with Crippen molar-refractivity contribution >= 4 is 28.6 Å². The van der Waals surface area contributed by atoms with Crippen LogP contribution in [0.3, 0.4) is 0 Å². The molecule has 7 heteroatoms. The van der Waals surface area contributed by atoms with E-state index in [2.05, 4.69) is 24.1 Å². The lowest BCUT2D eigenvalue weighted by atomic mass is 9.97. The third-order valence-electron chi connectivity index (χ3n) is 5.30. The molecule has 4 rings (SSSR count). The molecular formula is C26H27N3O3S. The minimum absolute atomic E-state index is 0.0609. The van der Waals surface area contributed by atoms with Crippen LogP contribution in [0.15, 0.2) is 87.4 Å². The van der Waals surface area contributed by atoms with E-state index in [1.807, 2.05) is 54.6 Å². The highest BCUT2D eigenvalue weighted by Gasteiger charge is 2.18. The van der Waals surface area contributed by atoms with Gasteiger partial charge in [0.05, 0.1) is 35.5 Å². The SMILES string of the molecule is CC(C)CC(NC(=O)CSc1nc2ccccc2c(=O)n1Cc1ccco1)c1ccccc1. The Morgan fingerprint density at radius 3 is 2.55 bits per heavy atom. The number of hydrogen-bond donors (Lipinski definition) is 1. The molecule has 1 N–H and O–H groups in total. The number of nitrogens with zero attached hydrogens (tertiary/aromatic N) is 2. The standard InChI is InChI=1S/C26H27N3O3S/c1-18(2)15-23(19-9-4-3-5-10-19)27-24(30)17-33-26-28-22-13-7-6-12-21(22)25(31)29(26)16-20-11-8-14-32-20/h3-14,18,23H,15-17H2,1-2H3,(H,27,30). The molecule has 0 bridgehead atoms. The molecule has 4 aromatic rings. The van der Waals surface area contributed by atoms with Gasteiger partial charge in [0.15, 0.2) is 5.16 Å². The molecule has 0 fully saturated rings. The zero-order chi connectivity index (χ0) is 23.2. The number of carbonyl (C=O) groups excluding carboxylic acids is 1. The molecule has 0 spiro atoms. The monoisotopic (exact) mass is 461 g/mol. The Hall–Kier alpha value is -3.32. The van der Waals surface area contributed by atoms with Gasteiger partial charge in [-0.25, -0.2) is 4.98 Å². The second-order valence-corrected chi connectivity index (χ2v) is 9.27. The molecule has 170 valence electrons. The van der Waals surface area contributed by atoms with Crippen LogP contribution >= 0.6 is 11.8 Å². The molecular weight excluding hydrogens is 434 g/mol. The molecule has 1 atom stereocenters. The van der Waals surface area contributed by atoms with Gasteiger partial charge in [0.1, 0.15) is 5.76 Å². The fourth-order valence-electron chi connectivity index (χ4n) is 3.76. The fraction of sp³-hybridized carbons (Fsp3) is 0.269. The summed E-state index contributed by atoms with van der Waals surface area (Å²) in [6, 6.07) is 20.8. The maximum atomic E-state index is 13.2. The summed E-state index contributed by atoms with van der Waals surface area (Å²) < 4.78 is 7.02. The Morgan fingerprint density at radius 2 is 1.82 bits per heavy atom. The zero-order valence-corrected chi connectivity index (χ0v) is 19.5. The van der Waals surface area contributed by atoms with E-state index in [9.17, 15) is 9.59 Å². The van der Waals surface area contributed by atoms with Crippen molar-refractivity contribution in [2.24, 2.45) is 5.92 Å². The van der Waals surface area contributed by atoms with Crippen molar-refractivity contribution in [2.45, 2.75) is 38.0 Å². The van der Waals surface area contributed by atoms with Crippen LogP contribution in [0, 0.1) is 5.92 Å². The quantitative estimate of drug-likeness (QED) is 0.279. The Balaban J connectivity index is 1.55. The number of rotatable bonds is 9. The van der Waals surface area contributed by atoms with Gasteiger partial charge >= 0.3 is 0 Å². The second-order valence-electron chi connectivity index (χ2n) is 8.33. The molecule has 1 unspecified atom stereocenters. The Labute approximate surface area is 197 Å².